The van der Waals surface area contributed by atoms with Crippen molar-refractivity contribution in [3.05, 3.63) is 51.4 Å². The standard InChI is InChI=1S/C12H11N3O5/c1-7-5-8(14-20-7)6-13-11-9(12(16)17)3-2-4-10(11)15(18)19/h2-5,13H,6H2,1H3,(H,16,17). The summed E-state index contributed by atoms with van der Waals surface area (Å²) in [5.41, 5.74) is 0.00664. The number of hydrogen-bond donors (Lipinski definition) is 2. The second-order valence-electron chi connectivity index (χ2n) is 4.04. The SMILES string of the molecule is Cc1cc(CNc2c(C(=O)O)cccc2[N+](=O)[O-])no1. The molecule has 1 heterocycles. The van der Waals surface area contributed by atoms with Gasteiger partial charge in [0.15, 0.2) is 0 Å². The number of anilines is 1. The van der Waals surface area contributed by atoms with Crippen LogP contribution in [0.5, 0.6) is 0 Å². The van der Waals surface area contributed by atoms with Crippen LogP contribution in [0.4, 0.5) is 11.4 Å². The lowest BCUT2D eigenvalue weighted by atomic mass is 10.1. The number of rotatable bonds is 5. The number of aryl methyl sites for hydroxylation is 1. The van der Waals surface area contributed by atoms with E-state index in [-0.39, 0.29) is 23.5 Å². The molecule has 2 aromatic rings. The second-order valence-corrected chi connectivity index (χ2v) is 4.04. The molecule has 0 aliphatic rings. The zero-order valence-corrected chi connectivity index (χ0v) is 10.5. The molecule has 2 N–H and O–H groups in total. The normalized spacial score (nSPS) is 10.2. The third kappa shape index (κ3) is 2.74. The number of hydrogen-bond acceptors (Lipinski definition) is 6. The Balaban J connectivity index is 2.32. The number of nitro groups is 1. The molecule has 2 rings (SSSR count). The maximum atomic E-state index is 11.1. The maximum absolute atomic E-state index is 11.1. The van der Waals surface area contributed by atoms with Gasteiger partial charge in [-0.1, -0.05) is 11.2 Å². The topological polar surface area (TPSA) is 118 Å². The molecule has 0 unspecified atom stereocenters. The van der Waals surface area contributed by atoms with Crippen molar-refractivity contribution in [2.75, 3.05) is 5.32 Å². The van der Waals surface area contributed by atoms with Crippen LogP contribution >= 0.6 is 0 Å². The smallest absolute Gasteiger partial charge is 0.338 e. The lowest BCUT2D eigenvalue weighted by molar-refractivity contribution is -0.384. The molecular weight excluding hydrogens is 266 g/mol. The van der Waals surface area contributed by atoms with Gasteiger partial charge in [-0.05, 0) is 13.0 Å². The van der Waals surface area contributed by atoms with Crippen molar-refractivity contribution < 1.29 is 19.3 Å². The van der Waals surface area contributed by atoms with E-state index in [0.717, 1.165) is 0 Å². The van der Waals surface area contributed by atoms with Crippen molar-refractivity contribution in [3.8, 4) is 0 Å². The number of nitro benzene ring substituents is 1. The number of aromatic nitrogens is 1. The minimum Gasteiger partial charge on any atom is -0.478 e. The summed E-state index contributed by atoms with van der Waals surface area (Å²) >= 11 is 0. The average Bonchev–Trinajstić information content (AvgIpc) is 2.81. The highest BCUT2D eigenvalue weighted by Crippen LogP contribution is 2.28. The summed E-state index contributed by atoms with van der Waals surface area (Å²) in [6.07, 6.45) is 0. The predicted octanol–water partition coefficient (Wildman–Crippen LogP) is 2.20. The minimum absolute atomic E-state index is 0.0503. The monoisotopic (exact) mass is 277 g/mol. The van der Waals surface area contributed by atoms with Crippen LogP contribution in [0.3, 0.4) is 0 Å². The third-order valence-electron chi connectivity index (χ3n) is 2.59. The van der Waals surface area contributed by atoms with Gasteiger partial charge < -0.3 is 14.9 Å². The number of carboxylic acids is 1. The first-order valence-electron chi connectivity index (χ1n) is 5.66. The van der Waals surface area contributed by atoms with Crippen LogP contribution in [0.15, 0.2) is 28.8 Å². The van der Waals surface area contributed by atoms with Crippen molar-refractivity contribution in [1.82, 2.24) is 5.16 Å². The van der Waals surface area contributed by atoms with Crippen LogP contribution in [-0.4, -0.2) is 21.2 Å². The average molecular weight is 277 g/mol. The maximum Gasteiger partial charge on any atom is 0.338 e. The number of benzene rings is 1. The molecule has 20 heavy (non-hydrogen) atoms. The van der Waals surface area contributed by atoms with E-state index in [1.807, 2.05) is 0 Å². The summed E-state index contributed by atoms with van der Waals surface area (Å²) in [6.45, 7) is 1.84. The highest BCUT2D eigenvalue weighted by atomic mass is 16.6. The fraction of sp³-hybridized carbons (Fsp3) is 0.167. The molecule has 0 saturated carbocycles. The Morgan fingerprint density at radius 3 is 2.85 bits per heavy atom. The summed E-state index contributed by atoms with van der Waals surface area (Å²) in [6, 6.07) is 5.52. The summed E-state index contributed by atoms with van der Waals surface area (Å²) in [5.74, 6) is -0.643. The Hall–Kier alpha value is -2.90. The molecule has 0 aliphatic carbocycles. The largest absolute Gasteiger partial charge is 0.478 e. The van der Waals surface area contributed by atoms with Crippen LogP contribution in [0.1, 0.15) is 21.8 Å². The molecule has 0 amide bonds. The van der Waals surface area contributed by atoms with Gasteiger partial charge in [0, 0.05) is 12.1 Å². The van der Waals surface area contributed by atoms with Crippen molar-refractivity contribution in [1.29, 1.82) is 0 Å². The zero-order chi connectivity index (χ0) is 14.7. The Morgan fingerprint density at radius 2 is 2.30 bits per heavy atom. The van der Waals surface area contributed by atoms with Crippen LogP contribution in [-0.2, 0) is 6.54 Å². The first-order valence-corrected chi connectivity index (χ1v) is 5.66. The van der Waals surface area contributed by atoms with E-state index in [9.17, 15) is 14.9 Å². The molecule has 0 radical (unpaired) electrons. The number of carboxylic acid groups (broad SMARTS) is 1. The van der Waals surface area contributed by atoms with Gasteiger partial charge in [0.05, 0.1) is 17.0 Å². The van der Waals surface area contributed by atoms with Crippen LogP contribution in [0.25, 0.3) is 0 Å². The third-order valence-corrected chi connectivity index (χ3v) is 2.59. The first kappa shape index (κ1) is 13.5. The molecule has 104 valence electrons. The summed E-state index contributed by atoms with van der Waals surface area (Å²) in [5, 5.41) is 26.5. The fourth-order valence-electron chi connectivity index (χ4n) is 1.74. The number of para-hydroxylation sites is 1. The molecule has 0 fully saturated rings. The Kier molecular flexibility index (Phi) is 3.65. The summed E-state index contributed by atoms with van der Waals surface area (Å²) < 4.78 is 4.87. The molecule has 0 bridgehead atoms. The van der Waals surface area contributed by atoms with Gasteiger partial charge in [0.1, 0.15) is 17.1 Å². The van der Waals surface area contributed by atoms with E-state index in [4.69, 9.17) is 9.63 Å². The molecule has 8 heteroatoms. The predicted molar refractivity (Wildman–Crippen MR) is 68.6 cm³/mol. The van der Waals surface area contributed by atoms with E-state index in [1.165, 1.54) is 18.2 Å². The van der Waals surface area contributed by atoms with Crippen molar-refractivity contribution in [2.45, 2.75) is 13.5 Å². The van der Waals surface area contributed by atoms with Crippen molar-refractivity contribution in [3.63, 3.8) is 0 Å². The number of nitrogens with one attached hydrogen (secondary N) is 1. The fourth-order valence-corrected chi connectivity index (χ4v) is 1.74. The Morgan fingerprint density at radius 1 is 1.55 bits per heavy atom. The van der Waals surface area contributed by atoms with Gasteiger partial charge in [-0.25, -0.2) is 4.79 Å². The highest BCUT2D eigenvalue weighted by Gasteiger charge is 2.21. The number of carbonyl (C=O) groups is 1. The summed E-state index contributed by atoms with van der Waals surface area (Å²) in [7, 11) is 0. The number of nitrogens with zero attached hydrogens (tertiary/aromatic N) is 2. The molecule has 8 nitrogen and oxygen atoms in total. The lowest BCUT2D eigenvalue weighted by Gasteiger charge is -2.08. The van der Waals surface area contributed by atoms with Crippen LogP contribution in [0, 0.1) is 17.0 Å². The van der Waals surface area contributed by atoms with E-state index in [1.54, 1.807) is 13.0 Å². The molecule has 0 aliphatic heterocycles. The Labute approximate surface area is 113 Å². The van der Waals surface area contributed by atoms with E-state index in [0.29, 0.717) is 11.5 Å². The van der Waals surface area contributed by atoms with Crippen molar-refractivity contribution in [2.24, 2.45) is 0 Å². The molecule has 1 aromatic heterocycles. The molecule has 0 spiro atoms. The van der Waals surface area contributed by atoms with Gasteiger partial charge in [0.2, 0.25) is 0 Å². The Bertz CT molecular complexity index is 633. The highest BCUT2D eigenvalue weighted by molar-refractivity contribution is 5.96. The van der Waals surface area contributed by atoms with Crippen molar-refractivity contribution >= 4 is 17.3 Å². The molecular formula is C12H11N3O5. The van der Waals surface area contributed by atoms with Gasteiger partial charge in [-0.3, -0.25) is 10.1 Å². The van der Waals surface area contributed by atoms with E-state index in [2.05, 4.69) is 10.5 Å². The zero-order valence-electron chi connectivity index (χ0n) is 10.5. The van der Waals surface area contributed by atoms with Gasteiger partial charge in [-0.15, -0.1) is 0 Å². The molecule has 1 aromatic carbocycles. The summed E-state index contributed by atoms with van der Waals surface area (Å²) in [4.78, 5) is 21.4. The quantitative estimate of drug-likeness (QED) is 0.635. The first-order chi connectivity index (χ1) is 9.49. The molecule has 0 saturated heterocycles. The minimum atomic E-state index is -1.24. The van der Waals surface area contributed by atoms with Gasteiger partial charge >= 0.3 is 5.97 Å². The van der Waals surface area contributed by atoms with Crippen LogP contribution < -0.4 is 5.32 Å². The van der Waals surface area contributed by atoms with E-state index >= 15 is 0 Å². The number of aromatic carboxylic acids is 1. The van der Waals surface area contributed by atoms with Crippen LogP contribution in [0.2, 0.25) is 0 Å². The van der Waals surface area contributed by atoms with E-state index < -0.39 is 10.9 Å². The second kappa shape index (κ2) is 5.39. The molecule has 0 atom stereocenters. The lowest BCUT2D eigenvalue weighted by Crippen LogP contribution is -2.09. The van der Waals surface area contributed by atoms with Gasteiger partial charge in [0.25, 0.3) is 5.69 Å². The van der Waals surface area contributed by atoms with Gasteiger partial charge in [-0.2, -0.15) is 0 Å².